The van der Waals surface area contributed by atoms with Gasteiger partial charge in [-0.1, -0.05) is 30.3 Å². The first kappa shape index (κ1) is 20.6. The molecule has 3 aliphatic heterocycles. The van der Waals surface area contributed by atoms with E-state index >= 15 is 4.39 Å². The molecule has 6 rings (SSSR count). The lowest BCUT2D eigenvalue weighted by molar-refractivity contribution is -0.286. The first-order valence-corrected chi connectivity index (χ1v) is 11.9. The third kappa shape index (κ3) is 3.88. The molecule has 0 spiro atoms. The van der Waals surface area contributed by atoms with Gasteiger partial charge < -0.3 is 14.8 Å². The average Bonchev–Trinajstić information content (AvgIpc) is 2.96. The number of rotatable bonds is 5. The van der Waals surface area contributed by atoms with Gasteiger partial charge in [0.2, 0.25) is 10.0 Å². The molecule has 31 heavy (non-hydrogen) atoms. The fourth-order valence-electron chi connectivity index (χ4n) is 4.80. The van der Waals surface area contributed by atoms with Gasteiger partial charge in [0.15, 0.2) is 11.5 Å². The van der Waals surface area contributed by atoms with Gasteiger partial charge in [-0.25, -0.2) is 17.5 Å². The van der Waals surface area contributed by atoms with Crippen LogP contribution in [0.25, 0.3) is 11.1 Å². The SMILES string of the molecule is CS(=O)(=O)N[C@H]1C2CC(C2)N[C@H]1Cc1cccc(-c2cccc3c2OC(F)(F)O3)c1F. The zero-order valence-corrected chi connectivity index (χ0v) is 17.4. The molecule has 0 amide bonds. The Morgan fingerprint density at radius 2 is 1.84 bits per heavy atom. The number of benzene rings is 2. The summed E-state index contributed by atoms with van der Waals surface area (Å²) in [4.78, 5) is 0. The van der Waals surface area contributed by atoms with Crippen LogP contribution in [0.4, 0.5) is 13.2 Å². The molecule has 4 aliphatic rings. The van der Waals surface area contributed by atoms with E-state index in [1.165, 1.54) is 24.3 Å². The molecule has 2 aromatic rings. The van der Waals surface area contributed by atoms with Gasteiger partial charge >= 0.3 is 6.29 Å². The van der Waals surface area contributed by atoms with E-state index in [0.717, 1.165) is 19.1 Å². The number of sulfonamides is 1. The van der Waals surface area contributed by atoms with Crippen molar-refractivity contribution >= 4 is 10.0 Å². The summed E-state index contributed by atoms with van der Waals surface area (Å²) >= 11 is 0. The second kappa shape index (κ2) is 7.11. The van der Waals surface area contributed by atoms with Crippen LogP contribution < -0.4 is 19.5 Å². The molecule has 0 unspecified atom stereocenters. The lowest BCUT2D eigenvalue weighted by atomic mass is 9.68. The van der Waals surface area contributed by atoms with E-state index in [1.54, 1.807) is 12.1 Å². The van der Waals surface area contributed by atoms with Crippen molar-refractivity contribution in [2.75, 3.05) is 6.26 Å². The first-order chi connectivity index (χ1) is 14.6. The molecule has 2 N–H and O–H groups in total. The molecule has 3 heterocycles. The summed E-state index contributed by atoms with van der Waals surface area (Å²) in [6.07, 6.45) is -0.668. The van der Waals surface area contributed by atoms with Crippen molar-refractivity contribution in [2.45, 2.75) is 43.7 Å². The molecule has 6 nitrogen and oxygen atoms in total. The van der Waals surface area contributed by atoms with Crippen molar-refractivity contribution in [3.63, 3.8) is 0 Å². The summed E-state index contributed by atoms with van der Waals surface area (Å²) in [6, 6.07) is 8.76. The maximum Gasteiger partial charge on any atom is 0.586 e. The molecule has 2 bridgehead atoms. The third-order valence-electron chi connectivity index (χ3n) is 6.15. The second-order valence-corrected chi connectivity index (χ2v) is 10.2. The van der Waals surface area contributed by atoms with E-state index in [1.807, 2.05) is 0 Å². The Morgan fingerprint density at radius 3 is 2.58 bits per heavy atom. The van der Waals surface area contributed by atoms with Crippen molar-refractivity contribution in [1.82, 2.24) is 10.0 Å². The Labute approximate surface area is 177 Å². The molecule has 2 aromatic carbocycles. The Bertz CT molecular complexity index is 1140. The number of hydrogen-bond donors (Lipinski definition) is 2. The first-order valence-electron chi connectivity index (χ1n) is 9.99. The molecule has 166 valence electrons. The molecule has 1 aliphatic carbocycles. The van der Waals surface area contributed by atoms with E-state index in [2.05, 4.69) is 19.5 Å². The van der Waals surface area contributed by atoms with Gasteiger partial charge in [-0.15, -0.1) is 8.78 Å². The summed E-state index contributed by atoms with van der Waals surface area (Å²) < 4.78 is 78.0. The number of hydrogen-bond acceptors (Lipinski definition) is 5. The number of fused-ring (bicyclic) bond motifs is 3. The number of piperidine rings is 2. The van der Waals surface area contributed by atoms with Gasteiger partial charge in [0.05, 0.1) is 6.26 Å². The number of nitrogens with one attached hydrogen (secondary N) is 2. The summed E-state index contributed by atoms with van der Waals surface area (Å²) in [5.41, 5.74) is 0.642. The smallest absolute Gasteiger partial charge is 0.395 e. The lowest BCUT2D eigenvalue weighted by Gasteiger charge is -2.52. The quantitative estimate of drug-likeness (QED) is 0.727. The summed E-state index contributed by atoms with van der Waals surface area (Å²) in [7, 11) is -3.42. The van der Waals surface area contributed by atoms with Crippen LogP contribution in [0, 0.1) is 11.7 Å². The third-order valence-corrected chi connectivity index (χ3v) is 6.85. The second-order valence-electron chi connectivity index (χ2n) is 8.40. The Morgan fingerprint density at radius 1 is 1.13 bits per heavy atom. The highest BCUT2D eigenvalue weighted by molar-refractivity contribution is 7.88. The van der Waals surface area contributed by atoms with Gasteiger partial charge in [-0.2, -0.15) is 0 Å². The van der Waals surface area contributed by atoms with Crippen molar-refractivity contribution in [3.05, 3.63) is 47.8 Å². The zero-order valence-electron chi connectivity index (χ0n) is 16.6. The van der Waals surface area contributed by atoms with Crippen LogP contribution in [-0.2, 0) is 16.4 Å². The van der Waals surface area contributed by atoms with Crippen LogP contribution in [0.3, 0.4) is 0 Å². The zero-order chi connectivity index (χ0) is 22.0. The fourth-order valence-corrected chi connectivity index (χ4v) is 5.65. The number of halogens is 3. The van der Waals surface area contributed by atoms with Crippen molar-refractivity contribution in [3.8, 4) is 22.6 Å². The Kier molecular flexibility index (Phi) is 4.72. The predicted octanol–water partition coefficient (Wildman–Crippen LogP) is 3.02. The monoisotopic (exact) mass is 454 g/mol. The predicted molar refractivity (Wildman–Crippen MR) is 107 cm³/mol. The van der Waals surface area contributed by atoms with Gasteiger partial charge in [0, 0.05) is 29.3 Å². The summed E-state index contributed by atoms with van der Waals surface area (Å²) in [6.45, 7) is 0. The highest BCUT2D eigenvalue weighted by Crippen LogP contribution is 2.47. The number of ether oxygens (including phenoxy) is 2. The minimum atomic E-state index is -3.80. The molecular formula is C21H21F3N2O4S. The summed E-state index contributed by atoms with van der Waals surface area (Å²) in [5, 5.41) is 3.40. The molecule has 0 radical (unpaired) electrons. The maximum absolute atomic E-state index is 15.5. The van der Waals surface area contributed by atoms with Crippen LogP contribution in [0.1, 0.15) is 18.4 Å². The van der Waals surface area contributed by atoms with E-state index in [4.69, 9.17) is 0 Å². The van der Waals surface area contributed by atoms with Gasteiger partial charge in [0.25, 0.3) is 0 Å². The normalized spacial score (nSPS) is 28.3. The van der Waals surface area contributed by atoms with E-state index in [9.17, 15) is 17.2 Å². The van der Waals surface area contributed by atoms with Gasteiger partial charge in [0.1, 0.15) is 5.82 Å². The average molecular weight is 454 g/mol. The van der Waals surface area contributed by atoms with E-state index in [0.29, 0.717) is 11.6 Å². The standard InChI is InChI=1S/C21H21F3N2O4S/c1-31(27,28)26-19-12-8-13(9-12)25-16(19)10-11-4-2-5-14(18(11)22)15-6-3-7-17-20(15)30-21(23,24)29-17/h2-7,12-13,16,19,25-26H,8-10H2,1H3/t12?,13?,16-,19-/m0/s1. The van der Waals surface area contributed by atoms with Crippen LogP contribution in [0.2, 0.25) is 0 Å². The molecule has 2 atom stereocenters. The van der Waals surface area contributed by atoms with Crippen molar-refractivity contribution in [2.24, 2.45) is 5.92 Å². The van der Waals surface area contributed by atoms with Crippen molar-refractivity contribution < 1.29 is 31.1 Å². The highest BCUT2D eigenvalue weighted by Gasteiger charge is 2.47. The van der Waals surface area contributed by atoms with Gasteiger partial charge in [-0.05, 0) is 36.8 Å². The lowest BCUT2D eigenvalue weighted by Crippen LogP contribution is -2.67. The summed E-state index contributed by atoms with van der Waals surface area (Å²) in [5.74, 6) is -0.716. The molecule has 1 saturated carbocycles. The van der Waals surface area contributed by atoms with Crippen LogP contribution in [0.5, 0.6) is 11.5 Å². The minimum Gasteiger partial charge on any atom is -0.395 e. The molecule has 10 heteroatoms. The number of para-hydroxylation sites is 1. The largest absolute Gasteiger partial charge is 0.586 e. The van der Waals surface area contributed by atoms with E-state index in [-0.39, 0.29) is 47.0 Å². The molecule has 2 saturated heterocycles. The minimum absolute atomic E-state index is 0.115. The van der Waals surface area contributed by atoms with Crippen LogP contribution >= 0.6 is 0 Å². The van der Waals surface area contributed by atoms with Gasteiger partial charge in [-0.3, -0.25) is 0 Å². The number of alkyl halides is 2. The maximum atomic E-state index is 15.5. The van der Waals surface area contributed by atoms with Crippen molar-refractivity contribution in [1.29, 1.82) is 0 Å². The topological polar surface area (TPSA) is 76.7 Å². The highest BCUT2D eigenvalue weighted by atomic mass is 32.2. The Hall–Kier alpha value is -2.30. The van der Waals surface area contributed by atoms with Crippen LogP contribution in [-0.4, -0.2) is 39.1 Å². The molecular weight excluding hydrogens is 433 g/mol. The molecule has 0 aromatic heterocycles. The molecule has 3 fully saturated rings. The van der Waals surface area contributed by atoms with Crippen LogP contribution in [0.15, 0.2) is 36.4 Å². The Balaban J connectivity index is 1.46. The fraction of sp³-hybridized carbons (Fsp3) is 0.429. The van der Waals surface area contributed by atoms with E-state index < -0.39 is 22.1 Å².